The van der Waals surface area contributed by atoms with Crippen LogP contribution in [-0.2, 0) is 4.79 Å². The van der Waals surface area contributed by atoms with Crippen LogP contribution < -0.4 is 10.6 Å². The first-order chi connectivity index (χ1) is 10.0. The maximum Gasteiger partial charge on any atom is 0.217 e. The lowest BCUT2D eigenvalue weighted by molar-refractivity contribution is -0.119. The number of furan rings is 1. The van der Waals surface area contributed by atoms with Crippen LogP contribution in [-0.4, -0.2) is 29.1 Å². The lowest BCUT2D eigenvalue weighted by Gasteiger charge is -2.31. The van der Waals surface area contributed by atoms with Crippen molar-refractivity contribution in [3.05, 3.63) is 24.2 Å². The summed E-state index contributed by atoms with van der Waals surface area (Å²) < 4.78 is 5.22. The van der Waals surface area contributed by atoms with Crippen molar-refractivity contribution in [2.24, 2.45) is 0 Å². The number of aliphatic hydroxyl groups excluding tert-OH is 1. The van der Waals surface area contributed by atoms with Gasteiger partial charge in [0.15, 0.2) is 0 Å². The fraction of sp³-hybridized carbons (Fsp3) is 0.688. The van der Waals surface area contributed by atoms with E-state index < -0.39 is 6.10 Å². The highest BCUT2D eigenvalue weighted by Crippen LogP contribution is 2.22. The molecule has 3 N–H and O–H groups in total. The average Bonchev–Trinajstić information content (AvgIpc) is 2.94. The summed E-state index contributed by atoms with van der Waals surface area (Å²) in [7, 11) is 0. The van der Waals surface area contributed by atoms with Crippen molar-refractivity contribution in [2.45, 2.75) is 70.2 Å². The molecule has 2 atom stereocenters. The lowest BCUT2D eigenvalue weighted by Crippen LogP contribution is -2.44. The van der Waals surface area contributed by atoms with Crippen LogP contribution >= 0.6 is 0 Å². The van der Waals surface area contributed by atoms with Gasteiger partial charge < -0.3 is 20.2 Å². The Kier molecular flexibility index (Phi) is 5.82. The number of hydrogen-bond donors (Lipinski definition) is 3. The van der Waals surface area contributed by atoms with E-state index in [0.29, 0.717) is 24.3 Å². The van der Waals surface area contributed by atoms with Crippen molar-refractivity contribution >= 4 is 5.91 Å². The molecule has 0 saturated heterocycles. The monoisotopic (exact) mass is 294 g/mol. The molecule has 1 aliphatic rings. The van der Waals surface area contributed by atoms with E-state index >= 15 is 0 Å². The molecule has 1 aliphatic carbocycles. The van der Waals surface area contributed by atoms with Crippen LogP contribution in [0.5, 0.6) is 0 Å². The average molecular weight is 294 g/mol. The summed E-state index contributed by atoms with van der Waals surface area (Å²) in [4.78, 5) is 11.0. The predicted molar refractivity (Wildman–Crippen MR) is 80.7 cm³/mol. The van der Waals surface area contributed by atoms with Gasteiger partial charge in [-0.15, -0.1) is 0 Å². The Morgan fingerprint density at radius 3 is 2.62 bits per heavy atom. The van der Waals surface area contributed by atoms with Crippen LogP contribution in [0.25, 0.3) is 0 Å². The Labute approximate surface area is 126 Å². The Morgan fingerprint density at radius 1 is 1.38 bits per heavy atom. The standard InChI is InChI=1S/C16H26N2O3/c1-11(10-15(20)16-4-3-9-21-16)17-13-5-7-14(8-6-13)18-12(2)19/h3-4,9,11,13-15,17,20H,5-8,10H2,1-2H3,(H,18,19). The maximum absolute atomic E-state index is 11.0. The second-order valence-corrected chi connectivity index (χ2v) is 6.08. The second-order valence-electron chi connectivity index (χ2n) is 6.08. The fourth-order valence-electron chi connectivity index (χ4n) is 3.09. The third-order valence-corrected chi connectivity index (χ3v) is 4.10. The number of rotatable bonds is 6. The third kappa shape index (κ3) is 5.17. The van der Waals surface area contributed by atoms with Crippen molar-refractivity contribution in [2.75, 3.05) is 0 Å². The normalized spacial score (nSPS) is 25.3. The van der Waals surface area contributed by atoms with Gasteiger partial charge in [0.1, 0.15) is 11.9 Å². The molecule has 2 rings (SSSR count). The molecule has 21 heavy (non-hydrogen) atoms. The highest BCUT2D eigenvalue weighted by molar-refractivity contribution is 5.73. The Bertz CT molecular complexity index is 425. The maximum atomic E-state index is 11.0. The van der Waals surface area contributed by atoms with Gasteiger partial charge >= 0.3 is 0 Å². The SMILES string of the molecule is CC(=O)NC1CCC(NC(C)CC(O)c2ccco2)CC1. The van der Waals surface area contributed by atoms with Gasteiger partial charge in [-0.2, -0.15) is 0 Å². The van der Waals surface area contributed by atoms with Crippen LogP contribution in [0.3, 0.4) is 0 Å². The minimum Gasteiger partial charge on any atom is -0.467 e. The molecule has 0 radical (unpaired) electrons. The number of aliphatic hydroxyl groups is 1. The quantitative estimate of drug-likeness (QED) is 0.751. The topological polar surface area (TPSA) is 74.5 Å². The molecule has 5 heteroatoms. The highest BCUT2D eigenvalue weighted by atomic mass is 16.4. The Hall–Kier alpha value is -1.33. The fourth-order valence-corrected chi connectivity index (χ4v) is 3.09. The van der Waals surface area contributed by atoms with Gasteiger partial charge in [0, 0.05) is 25.0 Å². The smallest absolute Gasteiger partial charge is 0.217 e. The van der Waals surface area contributed by atoms with Crippen LogP contribution in [0.1, 0.15) is 57.8 Å². The molecule has 1 amide bonds. The number of nitrogens with one attached hydrogen (secondary N) is 2. The summed E-state index contributed by atoms with van der Waals surface area (Å²) in [6, 6.07) is 4.61. The molecule has 0 aromatic carbocycles. The molecule has 5 nitrogen and oxygen atoms in total. The third-order valence-electron chi connectivity index (χ3n) is 4.10. The lowest BCUT2D eigenvalue weighted by atomic mass is 9.90. The summed E-state index contributed by atoms with van der Waals surface area (Å²) in [6.07, 6.45) is 5.82. The van der Waals surface area contributed by atoms with Gasteiger partial charge in [0.25, 0.3) is 0 Å². The second kappa shape index (κ2) is 7.61. The molecule has 1 heterocycles. The van der Waals surface area contributed by atoms with Gasteiger partial charge in [-0.3, -0.25) is 4.79 Å². The van der Waals surface area contributed by atoms with Gasteiger partial charge in [0.2, 0.25) is 5.91 Å². The largest absolute Gasteiger partial charge is 0.467 e. The minimum absolute atomic E-state index is 0.0568. The molecule has 2 unspecified atom stereocenters. The van der Waals surface area contributed by atoms with Crippen LogP contribution in [0.15, 0.2) is 22.8 Å². The van der Waals surface area contributed by atoms with E-state index in [4.69, 9.17) is 4.42 Å². The number of carbonyl (C=O) groups is 1. The van der Waals surface area contributed by atoms with Crippen LogP contribution in [0.2, 0.25) is 0 Å². The molecule has 1 aromatic rings. The minimum atomic E-state index is -0.557. The van der Waals surface area contributed by atoms with E-state index in [1.807, 2.05) is 0 Å². The van der Waals surface area contributed by atoms with Crippen molar-refractivity contribution in [3.63, 3.8) is 0 Å². The molecule has 0 spiro atoms. The molecule has 118 valence electrons. The van der Waals surface area contributed by atoms with Gasteiger partial charge in [-0.1, -0.05) is 0 Å². The van der Waals surface area contributed by atoms with E-state index in [2.05, 4.69) is 17.6 Å². The van der Waals surface area contributed by atoms with Crippen molar-refractivity contribution in [3.8, 4) is 0 Å². The zero-order valence-electron chi connectivity index (χ0n) is 12.8. The van der Waals surface area contributed by atoms with Gasteiger partial charge in [-0.05, 0) is 51.2 Å². The summed E-state index contributed by atoms with van der Waals surface area (Å²) in [6.45, 7) is 3.66. The van der Waals surface area contributed by atoms with Crippen molar-refractivity contribution < 1.29 is 14.3 Å². The number of hydrogen-bond acceptors (Lipinski definition) is 4. The van der Waals surface area contributed by atoms with E-state index in [0.717, 1.165) is 25.7 Å². The summed E-state index contributed by atoms with van der Waals surface area (Å²) in [5.74, 6) is 0.680. The zero-order chi connectivity index (χ0) is 15.2. The molecular formula is C16H26N2O3. The highest BCUT2D eigenvalue weighted by Gasteiger charge is 2.23. The molecule has 1 saturated carbocycles. The first kappa shape index (κ1) is 16.0. The van der Waals surface area contributed by atoms with Crippen LogP contribution in [0, 0.1) is 0 Å². The van der Waals surface area contributed by atoms with Crippen molar-refractivity contribution in [1.82, 2.24) is 10.6 Å². The van der Waals surface area contributed by atoms with E-state index in [9.17, 15) is 9.90 Å². The molecular weight excluding hydrogens is 268 g/mol. The number of amides is 1. The first-order valence-corrected chi connectivity index (χ1v) is 7.79. The molecule has 0 bridgehead atoms. The van der Waals surface area contributed by atoms with E-state index in [-0.39, 0.29) is 11.9 Å². The van der Waals surface area contributed by atoms with Crippen LogP contribution in [0.4, 0.5) is 0 Å². The van der Waals surface area contributed by atoms with E-state index in [1.165, 1.54) is 0 Å². The van der Waals surface area contributed by atoms with Gasteiger partial charge in [0.05, 0.1) is 6.26 Å². The summed E-state index contributed by atoms with van der Waals surface area (Å²) >= 11 is 0. The summed E-state index contributed by atoms with van der Waals surface area (Å²) in [5.41, 5.74) is 0. The molecule has 1 fully saturated rings. The molecule has 0 aliphatic heterocycles. The Balaban J connectivity index is 1.69. The Morgan fingerprint density at radius 2 is 2.05 bits per heavy atom. The number of carbonyl (C=O) groups excluding carboxylic acids is 1. The van der Waals surface area contributed by atoms with Gasteiger partial charge in [-0.25, -0.2) is 0 Å². The zero-order valence-corrected chi connectivity index (χ0v) is 12.8. The predicted octanol–water partition coefficient (Wildman–Crippen LogP) is 2.13. The molecule has 1 aromatic heterocycles. The first-order valence-electron chi connectivity index (χ1n) is 7.79. The van der Waals surface area contributed by atoms with Crippen molar-refractivity contribution in [1.29, 1.82) is 0 Å². The summed E-state index contributed by atoms with van der Waals surface area (Å²) in [5, 5.41) is 16.6. The van der Waals surface area contributed by atoms with E-state index in [1.54, 1.807) is 25.3 Å².